The van der Waals surface area contributed by atoms with Gasteiger partial charge in [-0.15, -0.1) is 0 Å². The zero-order valence-electron chi connectivity index (χ0n) is 13.4. The van der Waals surface area contributed by atoms with E-state index in [0.29, 0.717) is 5.56 Å². The summed E-state index contributed by atoms with van der Waals surface area (Å²) in [6, 6.07) is 25.8. The maximum absolute atomic E-state index is 13.2. The summed E-state index contributed by atoms with van der Waals surface area (Å²) in [6.45, 7) is 2.06. The van der Waals surface area contributed by atoms with Gasteiger partial charge in [-0.1, -0.05) is 60.2 Å². The highest BCUT2D eigenvalue weighted by atomic mass is 16.2. The van der Waals surface area contributed by atoms with Crippen LogP contribution in [0.15, 0.2) is 78.9 Å². The largest absolute Gasteiger partial charge is 0.360 e. The molecule has 3 aromatic rings. The zero-order chi connectivity index (χ0) is 16.5. The van der Waals surface area contributed by atoms with Gasteiger partial charge >= 0.3 is 0 Å². The number of carbonyl (C=O) groups is 1. The molecule has 0 aromatic heterocycles. The van der Waals surface area contributed by atoms with Gasteiger partial charge in [0.25, 0.3) is 5.91 Å². The van der Waals surface area contributed by atoms with Gasteiger partial charge in [-0.3, -0.25) is 9.69 Å². The van der Waals surface area contributed by atoms with Crippen molar-refractivity contribution in [3.05, 3.63) is 95.6 Å². The lowest BCUT2D eigenvalue weighted by Crippen LogP contribution is -2.43. The van der Waals surface area contributed by atoms with E-state index >= 15 is 0 Å². The number of carbonyl (C=O) groups excluding carboxylic acids is 1. The minimum Gasteiger partial charge on any atom is -0.360 e. The first-order chi connectivity index (χ1) is 11.7. The molecule has 1 aliphatic rings. The van der Waals surface area contributed by atoms with Gasteiger partial charge in [0.1, 0.15) is 6.17 Å². The fraction of sp³-hybridized carbons (Fsp3) is 0.0952. The Labute approximate surface area is 141 Å². The number of hydrogen-bond donors (Lipinski definition) is 1. The molecule has 118 valence electrons. The highest BCUT2D eigenvalue weighted by molar-refractivity contribution is 6.12. The van der Waals surface area contributed by atoms with Crippen LogP contribution in [0.1, 0.15) is 27.7 Å². The van der Waals surface area contributed by atoms with E-state index in [1.54, 1.807) is 0 Å². The lowest BCUT2D eigenvalue weighted by molar-refractivity contribution is 0.0975. The van der Waals surface area contributed by atoms with Gasteiger partial charge in [-0.25, -0.2) is 0 Å². The Hall–Kier alpha value is -3.07. The zero-order valence-corrected chi connectivity index (χ0v) is 13.4. The molecular weight excluding hydrogens is 296 g/mol. The SMILES string of the molecule is Cc1ccc(C2Nc3ccccc3C(=O)N2c2ccccc2)cc1. The van der Waals surface area contributed by atoms with E-state index < -0.39 is 0 Å². The van der Waals surface area contributed by atoms with Gasteiger partial charge < -0.3 is 5.32 Å². The van der Waals surface area contributed by atoms with E-state index in [4.69, 9.17) is 0 Å². The van der Waals surface area contributed by atoms with E-state index in [0.717, 1.165) is 16.9 Å². The lowest BCUT2D eigenvalue weighted by Gasteiger charge is -2.38. The number of hydrogen-bond acceptors (Lipinski definition) is 2. The van der Waals surface area contributed by atoms with E-state index in [1.165, 1.54) is 5.56 Å². The molecule has 3 nitrogen and oxygen atoms in total. The first-order valence-corrected chi connectivity index (χ1v) is 8.05. The topological polar surface area (TPSA) is 32.3 Å². The highest BCUT2D eigenvalue weighted by Crippen LogP contribution is 2.36. The average Bonchev–Trinajstić information content (AvgIpc) is 2.63. The lowest BCUT2D eigenvalue weighted by atomic mass is 10.0. The average molecular weight is 314 g/mol. The molecule has 1 heterocycles. The summed E-state index contributed by atoms with van der Waals surface area (Å²) in [6.07, 6.45) is -0.226. The molecule has 0 saturated heterocycles. The second kappa shape index (κ2) is 5.85. The maximum atomic E-state index is 13.2. The van der Waals surface area contributed by atoms with Crippen LogP contribution in [0.2, 0.25) is 0 Å². The Morgan fingerprint density at radius 2 is 1.50 bits per heavy atom. The van der Waals surface area contributed by atoms with Crippen LogP contribution in [0.5, 0.6) is 0 Å². The van der Waals surface area contributed by atoms with Gasteiger partial charge in [0, 0.05) is 11.4 Å². The molecule has 3 heteroatoms. The summed E-state index contributed by atoms with van der Waals surface area (Å²) in [5.41, 5.74) is 4.72. The Kier molecular flexibility index (Phi) is 3.54. The molecule has 1 aliphatic heterocycles. The van der Waals surface area contributed by atoms with Gasteiger partial charge in [-0.05, 0) is 36.8 Å². The number of nitrogens with zero attached hydrogens (tertiary/aromatic N) is 1. The fourth-order valence-corrected chi connectivity index (χ4v) is 3.09. The number of rotatable bonds is 2. The maximum Gasteiger partial charge on any atom is 0.262 e. The van der Waals surface area contributed by atoms with Crippen LogP contribution < -0.4 is 10.2 Å². The number of benzene rings is 3. The van der Waals surface area contributed by atoms with Crippen molar-refractivity contribution in [2.24, 2.45) is 0 Å². The summed E-state index contributed by atoms with van der Waals surface area (Å²) in [5.74, 6) is 0.0149. The molecule has 1 atom stereocenters. The smallest absolute Gasteiger partial charge is 0.262 e. The second-order valence-electron chi connectivity index (χ2n) is 6.01. The number of aryl methyl sites for hydroxylation is 1. The third-order valence-electron chi connectivity index (χ3n) is 4.35. The Morgan fingerprint density at radius 3 is 2.25 bits per heavy atom. The normalized spacial score (nSPS) is 16.5. The van der Waals surface area contributed by atoms with E-state index in [2.05, 4.69) is 36.5 Å². The minimum atomic E-state index is -0.226. The summed E-state index contributed by atoms with van der Waals surface area (Å²) >= 11 is 0. The molecule has 1 unspecified atom stereocenters. The van der Waals surface area contributed by atoms with Gasteiger partial charge in [-0.2, -0.15) is 0 Å². The van der Waals surface area contributed by atoms with E-state index in [1.807, 2.05) is 59.5 Å². The number of nitrogens with one attached hydrogen (secondary N) is 1. The standard InChI is InChI=1S/C21H18N2O/c1-15-11-13-16(14-12-15)20-22-19-10-6-5-9-18(19)21(24)23(20)17-7-3-2-4-8-17/h2-14,20,22H,1H3. The van der Waals surface area contributed by atoms with E-state index in [-0.39, 0.29) is 12.1 Å². The fourth-order valence-electron chi connectivity index (χ4n) is 3.09. The molecule has 0 bridgehead atoms. The molecule has 0 fully saturated rings. The van der Waals surface area contributed by atoms with Crippen molar-refractivity contribution in [3.8, 4) is 0 Å². The molecule has 0 radical (unpaired) electrons. The molecule has 0 saturated carbocycles. The van der Waals surface area contributed by atoms with Crippen LogP contribution in [0.4, 0.5) is 11.4 Å². The van der Waals surface area contributed by atoms with Gasteiger partial charge in [0.15, 0.2) is 0 Å². The van der Waals surface area contributed by atoms with Crippen LogP contribution in [-0.2, 0) is 0 Å². The monoisotopic (exact) mass is 314 g/mol. The second-order valence-corrected chi connectivity index (χ2v) is 6.01. The van der Waals surface area contributed by atoms with E-state index in [9.17, 15) is 4.79 Å². The first-order valence-electron chi connectivity index (χ1n) is 8.05. The van der Waals surface area contributed by atoms with Crippen molar-refractivity contribution < 1.29 is 4.79 Å². The molecule has 24 heavy (non-hydrogen) atoms. The van der Waals surface area contributed by atoms with Crippen molar-refractivity contribution in [2.75, 3.05) is 10.2 Å². The van der Waals surface area contributed by atoms with Crippen molar-refractivity contribution >= 4 is 17.3 Å². The third-order valence-corrected chi connectivity index (χ3v) is 4.35. The highest BCUT2D eigenvalue weighted by Gasteiger charge is 2.33. The number of amides is 1. The van der Waals surface area contributed by atoms with Crippen LogP contribution >= 0.6 is 0 Å². The molecule has 1 amide bonds. The van der Waals surface area contributed by atoms with Gasteiger partial charge in [0.2, 0.25) is 0 Å². The van der Waals surface area contributed by atoms with Crippen molar-refractivity contribution in [1.29, 1.82) is 0 Å². The summed E-state index contributed by atoms with van der Waals surface area (Å²) in [7, 11) is 0. The molecule has 1 N–H and O–H groups in total. The molecule has 3 aromatic carbocycles. The number of para-hydroxylation sites is 2. The van der Waals surface area contributed by atoms with Crippen LogP contribution in [0.25, 0.3) is 0 Å². The first kappa shape index (κ1) is 14.5. The quantitative estimate of drug-likeness (QED) is 0.739. The predicted octanol–water partition coefficient (Wildman–Crippen LogP) is 4.77. The van der Waals surface area contributed by atoms with Crippen LogP contribution in [0, 0.1) is 6.92 Å². The third kappa shape index (κ3) is 2.44. The molecule has 0 aliphatic carbocycles. The Balaban J connectivity index is 1.86. The van der Waals surface area contributed by atoms with Gasteiger partial charge in [0.05, 0.1) is 5.56 Å². The van der Waals surface area contributed by atoms with Crippen molar-refractivity contribution in [1.82, 2.24) is 0 Å². The summed E-state index contributed by atoms with van der Waals surface area (Å²) < 4.78 is 0. The van der Waals surface area contributed by atoms with Crippen LogP contribution in [0.3, 0.4) is 0 Å². The molecule has 4 rings (SSSR count). The molecule has 0 spiro atoms. The molecular formula is C21H18N2O. The Morgan fingerprint density at radius 1 is 0.833 bits per heavy atom. The van der Waals surface area contributed by atoms with Crippen molar-refractivity contribution in [2.45, 2.75) is 13.1 Å². The number of anilines is 2. The summed E-state index contributed by atoms with van der Waals surface area (Å²) in [4.78, 5) is 15.0. The van der Waals surface area contributed by atoms with Crippen LogP contribution in [-0.4, -0.2) is 5.91 Å². The number of fused-ring (bicyclic) bond motifs is 1. The summed E-state index contributed by atoms with van der Waals surface area (Å²) in [5, 5.41) is 3.52. The van der Waals surface area contributed by atoms with Crippen molar-refractivity contribution in [3.63, 3.8) is 0 Å². The Bertz CT molecular complexity index is 872. The minimum absolute atomic E-state index is 0.0149. The predicted molar refractivity (Wildman–Crippen MR) is 97.2 cm³/mol.